The van der Waals surface area contributed by atoms with E-state index >= 15 is 0 Å². The second-order valence-corrected chi connectivity index (χ2v) is 11.8. The Morgan fingerprint density at radius 1 is 1.11 bits per heavy atom. The van der Waals surface area contributed by atoms with Crippen molar-refractivity contribution in [3.8, 4) is 11.8 Å². The van der Waals surface area contributed by atoms with Crippen molar-refractivity contribution in [3.05, 3.63) is 75.4 Å². The van der Waals surface area contributed by atoms with Crippen LogP contribution in [0, 0.1) is 34.9 Å². The zero-order chi connectivity index (χ0) is 34.8. The van der Waals surface area contributed by atoms with Crippen LogP contribution in [0.3, 0.4) is 0 Å². The molecule has 3 N–H and O–H groups in total. The van der Waals surface area contributed by atoms with Crippen molar-refractivity contribution < 1.29 is 33.3 Å². The number of ether oxygens (including phenoxy) is 3. The van der Waals surface area contributed by atoms with Gasteiger partial charge in [0.2, 0.25) is 11.8 Å². The number of aliphatic hydroxyl groups excluding tert-OH is 1. The number of methoxy groups -OCH3 is 1. The number of aliphatic hydroxyl groups is 1. The molecule has 5 unspecified atom stereocenters. The van der Waals surface area contributed by atoms with Crippen LogP contribution < -0.4 is 15.4 Å². The minimum atomic E-state index is -1.21. The van der Waals surface area contributed by atoms with Gasteiger partial charge in [-0.15, -0.1) is 0 Å². The molecular weight excluding hydrogens is 607 g/mol. The monoisotopic (exact) mass is 654 g/mol. The van der Waals surface area contributed by atoms with Crippen molar-refractivity contribution in [1.82, 2.24) is 10.6 Å². The summed E-state index contributed by atoms with van der Waals surface area (Å²) in [6.45, 7) is 8.51. The number of nitrogens with zero attached hydrogens (tertiary/aromatic N) is 4. The molecule has 0 aromatic heterocycles. The first-order valence-electron chi connectivity index (χ1n) is 15.8. The third kappa shape index (κ3) is 13.2. The Hall–Kier alpha value is -4.21. The lowest BCUT2D eigenvalue weighted by atomic mass is 9.86. The summed E-state index contributed by atoms with van der Waals surface area (Å²) >= 11 is 0. The van der Waals surface area contributed by atoms with Crippen LogP contribution in [-0.2, 0) is 32.2 Å². The van der Waals surface area contributed by atoms with E-state index in [0.717, 1.165) is 5.56 Å². The molecule has 47 heavy (non-hydrogen) atoms. The van der Waals surface area contributed by atoms with Crippen molar-refractivity contribution in [2.24, 2.45) is 22.9 Å². The van der Waals surface area contributed by atoms with E-state index < -0.39 is 30.0 Å². The molecule has 0 aliphatic rings. The average Bonchev–Trinajstić information content (AvgIpc) is 3.06. The highest BCUT2D eigenvalue weighted by molar-refractivity contribution is 5.88. The maximum Gasteiger partial charge on any atom is 0.243 e. The third-order valence-electron chi connectivity index (χ3n) is 7.93. The van der Waals surface area contributed by atoms with Crippen LogP contribution in [0.5, 0.6) is 5.75 Å². The molecule has 0 heterocycles. The van der Waals surface area contributed by atoms with Gasteiger partial charge in [0.1, 0.15) is 23.7 Å². The van der Waals surface area contributed by atoms with Crippen molar-refractivity contribution >= 4 is 11.8 Å². The number of carbonyl (C=O) groups excluding carboxylic acids is 2. The summed E-state index contributed by atoms with van der Waals surface area (Å²) in [5.41, 5.74) is 11.0. The van der Waals surface area contributed by atoms with Crippen LogP contribution in [-0.4, -0.2) is 62.0 Å². The van der Waals surface area contributed by atoms with E-state index in [9.17, 15) is 29.9 Å². The van der Waals surface area contributed by atoms with Crippen molar-refractivity contribution in [1.29, 1.82) is 5.26 Å². The third-order valence-corrected chi connectivity index (χ3v) is 7.93. The quantitative estimate of drug-likeness (QED) is 0.0718. The maximum atomic E-state index is 13.5. The van der Waals surface area contributed by atoms with Crippen LogP contribution in [0.25, 0.3) is 10.4 Å². The number of azide groups is 1. The summed E-state index contributed by atoms with van der Waals surface area (Å²) in [4.78, 5) is 29.5. The number of rotatable bonds is 21. The molecule has 0 spiro atoms. The zero-order valence-electron chi connectivity index (χ0n) is 27.8. The topological polar surface area (TPSA) is 179 Å². The molecule has 2 amide bonds. The van der Waals surface area contributed by atoms with E-state index in [1.54, 1.807) is 37.4 Å². The predicted octanol–water partition coefficient (Wildman–Crippen LogP) is 5.18. The van der Waals surface area contributed by atoms with Crippen LogP contribution >= 0.6 is 0 Å². The van der Waals surface area contributed by atoms with Gasteiger partial charge in [-0.2, -0.15) is 5.26 Å². The molecule has 2 aromatic rings. The van der Waals surface area contributed by atoms with E-state index in [2.05, 4.69) is 26.7 Å². The van der Waals surface area contributed by atoms with Gasteiger partial charge in [-0.25, -0.2) is 4.39 Å². The molecule has 0 fully saturated rings. The smallest absolute Gasteiger partial charge is 0.243 e. The number of benzene rings is 2. The summed E-state index contributed by atoms with van der Waals surface area (Å²) in [5, 5.41) is 29.9. The fourth-order valence-electron chi connectivity index (χ4n) is 4.80. The van der Waals surface area contributed by atoms with Gasteiger partial charge in [-0.3, -0.25) is 9.59 Å². The Kier molecular flexibility index (Phi) is 17.3. The molecule has 13 heteroatoms. The fourth-order valence-corrected chi connectivity index (χ4v) is 4.80. The maximum absolute atomic E-state index is 13.5. The molecule has 12 nitrogen and oxygen atoms in total. The lowest BCUT2D eigenvalue weighted by Gasteiger charge is -2.29. The summed E-state index contributed by atoms with van der Waals surface area (Å²) in [5.74, 6) is -1.83. The summed E-state index contributed by atoms with van der Waals surface area (Å²) in [6, 6.07) is 11.1. The van der Waals surface area contributed by atoms with E-state index in [0.29, 0.717) is 42.9 Å². The van der Waals surface area contributed by atoms with E-state index in [4.69, 9.17) is 14.2 Å². The predicted molar refractivity (Wildman–Crippen MR) is 174 cm³/mol. The second kappa shape index (κ2) is 20.8. The Labute approximate surface area is 276 Å². The molecule has 256 valence electrons. The normalized spacial score (nSPS) is 14.2. The molecule has 2 rings (SSSR count). The van der Waals surface area contributed by atoms with Gasteiger partial charge in [0.15, 0.2) is 0 Å². The van der Waals surface area contributed by atoms with Crippen molar-refractivity contribution in [2.75, 3.05) is 26.9 Å². The van der Waals surface area contributed by atoms with E-state index in [1.807, 2.05) is 27.7 Å². The van der Waals surface area contributed by atoms with Crippen molar-refractivity contribution in [2.45, 2.75) is 78.3 Å². The Bertz CT molecular complexity index is 1360. The highest BCUT2D eigenvalue weighted by Gasteiger charge is 2.33. The summed E-state index contributed by atoms with van der Waals surface area (Å²) in [6.07, 6.45) is 0.0451. The van der Waals surface area contributed by atoms with Gasteiger partial charge in [-0.1, -0.05) is 57.4 Å². The SMILES string of the molecule is CCC(C)C(NC(=O)C(CC(O)C(COCc1ccc(C#N)c(OCCCOC)c1)N=[N+]=[N-])C(C)C)C(=O)NCc1ccc(F)cc1. The number of carbonyl (C=O) groups is 2. The van der Waals surface area contributed by atoms with Crippen molar-refractivity contribution in [3.63, 3.8) is 0 Å². The zero-order valence-corrected chi connectivity index (χ0v) is 27.8. The second-order valence-electron chi connectivity index (χ2n) is 11.8. The standard InChI is InChI=1S/C34H47FN6O6/c1-6-23(4)32(34(44)38-19-24-9-12-27(35)13-10-24)39-33(43)28(22(2)3)17-30(42)29(40-41-37)21-46-20-25-8-11-26(18-36)31(16-25)47-15-7-14-45-5/h8-13,16,22-23,28-30,32,42H,6-7,14-15,17,19-21H2,1-5H3,(H,38,44)(H,39,43). The highest BCUT2D eigenvalue weighted by atomic mass is 19.1. The van der Waals surface area contributed by atoms with Gasteiger partial charge in [0.25, 0.3) is 0 Å². The lowest BCUT2D eigenvalue weighted by molar-refractivity contribution is -0.134. The van der Waals surface area contributed by atoms with Gasteiger partial charge in [0.05, 0.1) is 37.5 Å². The largest absolute Gasteiger partial charge is 0.492 e. The minimum Gasteiger partial charge on any atom is -0.492 e. The Balaban J connectivity index is 2.04. The molecule has 0 saturated carbocycles. The molecule has 0 aliphatic carbocycles. The Morgan fingerprint density at radius 3 is 2.43 bits per heavy atom. The van der Waals surface area contributed by atoms with Gasteiger partial charge in [-0.05, 0) is 59.2 Å². The first-order valence-corrected chi connectivity index (χ1v) is 15.8. The number of hydrogen-bond donors (Lipinski definition) is 3. The summed E-state index contributed by atoms with van der Waals surface area (Å²) in [7, 11) is 1.60. The van der Waals surface area contributed by atoms with Gasteiger partial charge in [0, 0.05) is 37.5 Å². The van der Waals surface area contributed by atoms with Crippen LogP contribution in [0.1, 0.15) is 63.6 Å². The lowest BCUT2D eigenvalue weighted by Crippen LogP contribution is -2.52. The first-order chi connectivity index (χ1) is 22.5. The van der Waals surface area contributed by atoms with Crippen LogP contribution in [0.15, 0.2) is 47.6 Å². The number of nitriles is 1. The Morgan fingerprint density at radius 2 is 1.81 bits per heavy atom. The van der Waals surface area contributed by atoms with E-state index in [-0.39, 0.29) is 49.7 Å². The van der Waals surface area contributed by atoms with Gasteiger partial charge < -0.3 is 30.0 Å². The van der Waals surface area contributed by atoms with Gasteiger partial charge >= 0.3 is 0 Å². The van der Waals surface area contributed by atoms with E-state index in [1.165, 1.54) is 12.1 Å². The number of halogens is 1. The van der Waals surface area contributed by atoms with Crippen LogP contribution in [0.4, 0.5) is 4.39 Å². The number of hydrogen-bond acceptors (Lipinski definition) is 8. The molecule has 0 aliphatic heterocycles. The highest BCUT2D eigenvalue weighted by Crippen LogP contribution is 2.23. The first kappa shape index (κ1) is 39.0. The summed E-state index contributed by atoms with van der Waals surface area (Å²) < 4.78 is 29.8. The number of amides is 2. The average molecular weight is 655 g/mol. The molecule has 0 radical (unpaired) electrons. The molecular formula is C34H47FN6O6. The number of nitrogens with one attached hydrogen (secondary N) is 2. The molecule has 2 aromatic carbocycles. The van der Waals surface area contributed by atoms with Crippen LogP contribution in [0.2, 0.25) is 0 Å². The minimum absolute atomic E-state index is 0.0305. The molecule has 5 atom stereocenters. The molecule has 0 bridgehead atoms. The molecule has 0 saturated heterocycles. The fraction of sp³-hybridized carbons (Fsp3) is 0.559.